The summed E-state index contributed by atoms with van der Waals surface area (Å²) in [6, 6.07) is 28.1. The Balaban J connectivity index is 1.59. The number of amides is 1. The molecule has 0 aliphatic heterocycles. The van der Waals surface area contributed by atoms with Crippen molar-refractivity contribution in [3.8, 4) is 0 Å². The molecule has 134 valence electrons. The van der Waals surface area contributed by atoms with Crippen molar-refractivity contribution in [2.45, 2.75) is 11.4 Å². The topological polar surface area (TPSA) is 33.2 Å². The molecule has 0 saturated carbocycles. The maximum atomic E-state index is 13.1. The Kier molecular flexibility index (Phi) is 5.51. The molecule has 1 aromatic heterocycles. The molecule has 5 heteroatoms. The standard InChI is InChI=1S/C22H18N2OS2/c25-21(16-26-18-11-5-2-6-12-18)24(15-17-9-3-1-4-10-17)22-23-19-13-7-8-14-20(19)27-22/h1-14H,15-16H2. The van der Waals surface area contributed by atoms with E-state index in [1.807, 2.05) is 84.9 Å². The molecule has 0 saturated heterocycles. The minimum atomic E-state index is 0.0618. The largest absolute Gasteiger partial charge is 0.283 e. The predicted octanol–water partition coefficient (Wildman–Crippen LogP) is 5.62. The summed E-state index contributed by atoms with van der Waals surface area (Å²) in [4.78, 5) is 20.7. The summed E-state index contributed by atoms with van der Waals surface area (Å²) in [6.45, 7) is 0.523. The molecule has 4 aromatic rings. The number of benzene rings is 3. The van der Waals surface area contributed by atoms with Crippen LogP contribution in [0.15, 0.2) is 89.8 Å². The monoisotopic (exact) mass is 390 g/mol. The lowest BCUT2D eigenvalue weighted by atomic mass is 10.2. The zero-order valence-corrected chi connectivity index (χ0v) is 16.2. The first-order chi connectivity index (χ1) is 13.3. The van der Waals surface area contributed by atoms with E-state index in [0.717, 1.165) is 25.8 Å². The van der Waals surface area contributed by atoms with Crippen LogP contribution in [0.5, 0.6) is 0 Å². The first-order valence-corrected chi connectivity index (χ1v) is 10.5. The number of nitrogens with zero attached hydrogens (tertiary/aromatic N) is 2. The molecule has 0 spiro atoms. The van der Waals surface area contributed by atoms with Gasteiger partial charge in [0.05, 0.1) is 22.5 Å². The average Bonchev–Trinajstić information content (AvgIpc) is 3.15. The van der Waals surface area contributed by atoms with Gasteiger partial charge in [-0.15, -0.1) is 11.8 Å². The fourth-order valence-corrected chi connectivity index (χ4v) is 4.52. The van der Waals surface area contributed by atoms with E-state index in [2.05, 4.69) is 0 Å². The molecule has 27 heavy (non-hydrogen) atoms. The highest BCUT2D eigenvalue weighted by molar-refractivity contribution is 8.00. The molecule has 0 fully saturated rings. The van der Waals surface area contributed by atoms with Gasteiger partial charge in [-0.05, 0) is 29.8 Å². The fourth-order valence-electron chi connectivity index (χ4n) is 2.74. The lowest BCUT2D eigenvalue weighted by Gasteiger charge is -2.20. The summed E-state index contributed by atoms with van der Waals surface area (Å²) in [5.41, 5.74) is 2.02. The van der Waals surface area contributed by atoms with Gasteiger partial charge < -0.3 is 0 Å². The molecule has 3 aromatic carbocycles. The highest BCUT2D eigenvalue weighted by Gasteiger charge is 2.20. The molecule has 0 atom stereocenters. The number of carbonyl (C=O) groups is 1. The summed E-state index contributed by atoms with van der Waals surface area (Å²) in [5.74, 6) is 0.444. The number of hydrogen-bond donors (Lipinski definition) is 0. The first kappa shape index (κ1) is 17.8. The molecule has 1 heterocycles. The van der Waals surface area contributed by atoms with Crippen molar-refractivity contribution in [3.63, 3.8) is 0 Å². The lowest BCUT2D eigenvalue weighted by molar-refractivity contribution is -0.116. The zero-order chi connectivity index (χ0) is 18.5. The van der Waals surface area contributed by atoms with Gasteiger partial charge in [0.2, 0.25) is 5.91 Å². The number of hydrogen-bond acceptors (Lipinski definition) is 4. The van der Waals surface area contributed by atoms with Crippen molar-refractivity contribution in [1.29, 1.82) is 0 Å². The van der Waals surface area contributed by atoms with Gasteiger partial charge >= 0.3 is 0 Å². The molecule has 1 amide bonds. The van der Waals surface area contributed by atoms with Gasteiger partial charge in [-0.25, -0.2) is 4.98 Å². The predicted molar refractivity (Wildman–Crippen MR) is 114 cm³/mol. The average molecular weight is 391 g/mol. The second-order valence-corrected chi connectivity index (χ2v) is 8.09. The van der Waals surface area contributed by atoms with Crippen molar-refractivity contribution in [2.75, 3.05) is 10.7 Å². The van der Waals surface area contributed by atoms with E-state index < -0.39 is 0 Å². The van der Waals surface area contributed by atoms with Crippen molar-refractivity contribution in [1.82, 2.24) is 4.98 Å². The van der Waals surface area contributed by atoms with Gasteiger partial charge in [0.15, 0.2) is 5.13 Å². The maximum Gasteiger partial charge on any atom is 0.239 e. The molecule has 0 aliphatic rings. The van der Waals surface area contributed by atoms with Crippen molar-refractivity contribution in [2.24, 2.45) is 0 Å². The molecule has 0 N–H and O–H groups in total. The molecule has 3 nitrogen and oxygen atoms in total. The number of anilines is 1. The summed E-state index contributed by atoms with van der Waals surface area (Å²) < 4.78 is 1.09. The summed E-state index contributed by atoms with van der Waals surface area (Å²) >= 11 is 3.11. The van der Waals surface area contributed by atoms with Gasteiger partial charge in [0.25, 0.3) is 0 Å². The van der Waals surface area contributed by atoms with Gasteiger partial charge in [0, 0.05) is 4.90 Å². The van der Waals surface area contributed by atoms with Crippen LogP contribution in [0.1, 0.15) is 5.56 Å². The molecular formula is C22H18N2OS2. The quantitative estimate of drug-likeness (QED) is 0.401. The molecule has 0 radical (unpaired) electrons. The Hall–Kier alpha value is -2.63. The first-order valence-electron chi connectivity index (χ1n) is 8.67. The number of aromatic nitrogens is 1. The normalized spacial score (nSPS) is 10.8. The van der Waals surface area contributed by atoms with Crippen LogP contribution >= 0.6 is 23.1 Å². The SMILES string of the molecule is O=C(CSc1ccccc1)N(Cc1ccccc1)c1nc2ccccc2s1. The van der Waals surface area contributed by atoms with Crippen LogP contribution in [0, 0.1) is 0 Å². The third-order valence-corrected chi connectivity index (χ3v) is 6.16. The minimum Gasteiger partial charge on any atom is -0.283 e. The Bertz CT molecular complexity index is 999. The molecular weight excluding hydrogens is 372 g/mol. The van der Waals surface area contributed by atoms with E-state index in [1.165, 1.54) is 0 Å². The zero-order valence-electron chi connectivity index (χ0n) is 14.6. The van der Waals surface area contributed by atoms with E-state index >= 15 is 0 Å². The highest BCUT2D eigenvalue weighted by atomic mass is 32.2. The lowest BCUT2D eigenvalue weighted by Crippen LogP contribution is -2.31. The van der Waals surface area contributed by atoms with Crippen LogP contribution in [0.4, 0.5) is 5.13 Å². The van der Waals surface area contributed by atoms with Gasteiger partial charge in [0.1, 0.15) is 0 Å². The minimum absolute atomic E-state index is 0.0618. The van der Waals surface area contributed by atoms with E-state index in [9.17, 15) is 4.79 Å². The van der Waals surface area contributed by atoms with Crippen LogP contribution in [-0.4, -0.2) is 16.6 Å². The summed E-state index contributed by atoms with van der Waals surface area (Å²) in [6.07, 6.45) is 0. The van der Waals surface area contributed by atoms with Gasteiger partial charge in [-0.1, -0.05) is 72.0 Å². The van der Waals surface area contributed by atoms with E-state index in [1.54, 1.807) is 28.0 Å². The van der Waals surface area contributed by atoms with Gasteiger partial charge in [-0.2, -0.15) is 0 Å². The van der Waals surface area contributed by atoms with Crippen LogP contribution in [0.25, 0.3) is 10.2 Å². The molecule has 0 aliphatic carbocycles. The smallest absolute Gasteiger partial charge is 0.239 e. The second kappa shape index (κ2) is 8.37. The molecule has 4 rings (SSSR count). The second-order valence-electron chi connectivity index (χ2n) is 6.03. The molecule has 0 unspecified atom stereocenters. The Morgan fingerprint density at radius 3 is 2.30 bits per heavy atom. The number of rotatable bonds is 6. The highest BCUT2D eigenvalue weighted by Crippen LogP contribution is 2.30. The van der Waals surface area contributed by atoms with Gasteiger partial charge in [-0.3, -0.25) is 9.69 Å². The van der Waals surface area contributed by atoms with Crippen LogP contribution in [0.2, 0.25) is 0 Å². The maximum absolute atomic E-state index is 13.1. The number of fused-ring (bicyclic) bond motifs is 1. The Morgan fingerprint density at radius 1 is 0.889 bits per heavy atom. The fraction of sp³-hybridized carbons (Fsp3) is 0.0909. The van der Waals surface area contributed by atoms with Crippen molar-refractivity contribution in [3.05, 3.63) is 90.5 Å². The molecule has 0 bridgehead atoms. The van der Waals surface area contributed by atoms with Crippen LogP contribution in [-0.2, 0) is 11.3 Å². The van der Waals surface area contributed by atoms with Crippen molar-refractivity contribution < 1.29 is 4.79 Å². The Labute approximate surface area is 166 Å². The van der Waals surface area contributed by atoms with E-state index in [-0.39, 0.29) is 5.91 Å². The summed E-state index contributed by atoms with van der Waals surface area (Å²) in [7, 11) is 0. The number of thioether (sulfide) groups is 1. The van der Waals surface area contributed by atoms with Crippen molar-refractivity contribution >= 4 is 44.4 Å². The summed E-state index contributed by atoms with van der Waals surface area (Å²) in [5, 5.41) is 0.749. The van der Waals surface area contributed by atoms with E-state index in [0.29, 0.717) is 12.3 Å². The van der Waals surface area contributed by atoms with E-state index in [4.69, 9.17) is 4.98 Å². The van der Waals surface area contributed by atoms with Crippen LogP contribution < -0.4 is 4.90 Å². The third kappa shape index (κ3) is 4.38. The number of para-hydroxylation sites is 1. The number of thiazole rings is 1. The van der Waals surface area contributed by atoms with Crippen LogP contribution in [0.3, 0.4) is 0 Å². The Morgan fingerprint density at radius 2 is 1.56 bits per heavy atom. The number of carbonyl (C=O) groups excluding carboxylic acids is 1. The third-order valence-electron chi connectivity index (χ3n) is 4.10.